The molecule has 3 nitrogen and oxygen atoms in total. The van der Waals surface area contributed by atoms with Crippen molar-refractivity contribution in [2.75, 3.05) is 6.61 Å². The molecule has 1 aromatic carbocycles. The van der Waals surface area contributed by atoms with E-state index in [1.165, 1.54) is 9.75 Å². The Balaban J connectivity index is 1.98. The smallest absolute Gasteiger partial charge is 0.174 e. The Morgan fingerprint density at radius 3 is 2.80 bits per heavy atom. The van der Waals surface area contributed by atoms with Crippen LogP contribution in [0.15, 0.2) is 36.4 Å². The Morgan fingerprint density at radius 1 is 1.30 bits per heavy atom. The highest BCUT2D eigenvalue weighted by atomic mass is 32.1. The minimum Gasteiger partial charge on any atom is -0.478 e. The summed E-state index contributed by atoms with van der Waals surface area (Å²) in [7, 11) is 0. The van der Waals surface area contributed by atoms with E-state index in [4.69, 9.17) is 10.00 Å². The van der Waals surface area contributed by atoms with Gasteiger partial charge in [-0.25, -0.2) is 0 Å². The van der Waals surface area contributed by atoms with Gasteiger partial charge in [0.05, 0.1) is 0 Å². The summed E-state index contributed by atoms with van der Waals surface area (Å²) in [6.45, 7) is 5.08. The normalized spacial score (nSPS) is 11.8. The van der Waals surface area contributed by atoms with Crippen molar-refractivity contribution in [2.24, 2.45) is 0 Å². The van der Waals surface area contributed by atoms with Gasteiger partial charge < -0.3 is 10.1 Å². The van der Waals surface area contributed by atoms with Crippen molar-refractivity contribution in [3.8, 4) is 11.8 Å². The SMILES string of the molecule is Cc1ccc(C(C)NCc2ccccc2OCC#N)s1. The van der Waals surface area contributed by atoms with Crippen LogP contribution in [-0.2, 0) is 6.54 Å². The standard InChI is InChI=1S/C16H18N2OS/c1-12-7-8-16(20-12)13(2)18-11-14-5-3-4-6-15(14)19-10-9-17/h3-8,13,18H,10-11H2,1-2H3. The van der Waals surface area contributed by atoms with Gasteiger partial charge in [0.25, 0.3) is 0 Å². The molecule has 0 aliphatic carbocycles. The molecule has 0 amide bonds. The van der Waals surface area contributed by atoms with E-state index >= 15 is 0 Å². The molecule has 104 valence electrons. The van der Waals surface area contributed by atoms with Crippen LogP contribution in [0, 0.1) is 18.3 Å². The predicted octanol–water partition coefficient (Wildman–Crippen LogP) is 3.81. The van der Waals surface area contributed by atoms with Gasteiger partial charge in [-0.05, 0) is 32.0 Å². The number of aryl methyl sites for hydroxylation is 1. The molecule has 1 N–H and O–H groups in total. The molecular formula is C16H18N2OS. The van der Waals surface area contributed by atoms with Crippen molar-refractivity contribution >= 4 is 11.3 Å². The summed E-state index contributed by atoms with van der Waals surface area (Å²) in [6.07, 6.45) is 0. The summed E-state index contributed by atoms with van der Waals surface area (Å²) in [5, 5.41) is 12.1. The number of ether oxygens (including phenoxy) is 1. The van der Waals surface area contributed by atoms with Crippen molar-refractivity contribution in [1.82, 2.24) is 5.32 Å². The Bertz CT molecular complexity index is 601. The van der Waals surface area contributed by atoms with E-state index in [-0.39, 0.29) is 6.61 Å². The molecule has 0 saturated carbocycles. The van der Waals surface area contributed by atoms with Crippen molar-refractivity contribution in [3.63, 3.8) is 0 Å². The van der Waals surface area contributed by atoms with Gasteiger partial charge in [0.2, 0.25) is 0 Å². The average molecular weight is 286 g/mol. The fraction of sp³-hybridized carbons (Fsp3) is 0.312. The first-order chi connectivity index (χ1) is 9.70. The number of nitrogens with one attached hydrogen (secondary N) is 1. The average Bonchev–Trinajstić information content (AvgIpc) is 2.90. The number of benzene rings is 1. The summed E-state index contributed by atoms with van der Waals surface area (Å²) >= 11 is 1.81. The van der Waals surface area contributed by atoms with E-state index in [1.807, 2.05) is 41.7 Å². The lowest BCUT2D eigenvalue weighted by Crippen LogP contribution is -2.17. The summed E-state index contributed by atoms with van der Waals surface area (Å²) in [6, 6.07) is 14.4. The van der Waals surface area contributed by atoms with Gasteiger partial charge in [0.1, 0.15) is 11.8 Å². The zero-order valence-electron chi connectivity index (χ0n) is 11.7. The number of nitriles is 1. The van der Waals surface area contributed by atoms with Gasteiger partial charge in [-0.3, -0.25) is 0 Å². The lowest BCUT2D eigenvalue weighted by atomic mass is 10.2. The zero-order valence-corrected chi connectivity index (χ0v) is 12.5. The Hall–Kier alpha value is -1.83. The predicted molar refractivity (Wildman–Crippen MR) is 81.9 cm³/mol. The highest BCUT2D eigenvalue weighted by Gasteiger charge is 2.09. The molecule has 0 bridgehead atoms. The lowest BCUT2D eigenvalue weighted by Gasteiger charge is -2.14. The van der Waals surface area contributed by atoms with Gasteiger partial charge in [-0.15, -0.1) is 11.3 Å². The second kappa shape index (κ2) is 7.09. The fourth-order valence-electron chi connectivity index (χ4n) is 1.95. The molecule has 1 unspecified atom stereocenters. The van der Waals surface area contributed by atoms with Crippen LogP contribution in [0.2, 0.25) is 0 Å². The zero-order chi connectivity index (χ0) is 14.4. The largest absolute Gasteiger partial charge is 0.478 e. The Kier molecular flexibility index (Phi) is 5.16. The van der Waals surface area contributed by atoms with Gasteiger partial charge in [-0.2, -0.15) is 5.26 Å². The number of nitrogens with zero attached hydrogens (tertiary/aromatic N) is 1. The molecule has 2 rings (SSSR count). The first-order valence-electron chi connectivity index (χ1n) is 6.58. The third-order valence-corrected chi connectivity index (χ3v) is 4.23. The minimum atomic E-state index is 0.0800. The van der Waals surface area contributed by atoms with Gasteiger partial charge in [-0.1, -0.05) is 18.2 Å². The van der Waals surface area contributed by atoms with Crippen molar-refractivity contribution in [1.29, 1.82) is 5.26 Å². The van der Waals surface area contributed by atoms with E-state index < -0.39 is 0 Å². The van der Waals surface area contributed by atoms with E-state index in [1.54, 1.807) is 0 Å². The van der Waals surface area contributed by atoms with E-state index in [0.717, 1.165) is 17.9 Å². The first kappa shape index (κ1) is 14.6. The van der Waals surface area contributed by atoms with Crippen LogP contribution in [0.5, 0.6) is 5.75 Å². The monoisotopic (exact) mass is 286 g/mol. The Morgan fingerprint density at radius 2 is 2.10 bits per heavy atom. The van der Waals surface area contributed by atoms with Crippen LogP contribution in [0.3, 0.4) is 0 Å². The maximum atomic E-state index is 8.60. The van der Waals surface area contributed by atoms with Crippen LogP contribution in [0.25, 0.3) is 0 Å². The number of rotatable bonds is 6. The van der Waals surface area contributed by atoms with Crippen LogP contribution in [-0.4, -0.2) is 6.61 Å². The van der Waals surface area contributed by atoms with Gasteiger partial charge in [0.15, 0.2) is 6.61 Å². The summed E-state index contributed by atoms with van der Waals surface area (Å²) in [4.78, 5) is 2.66. The summed E-state index contributed by atoms with van der Waals surface area (Å²) in [5.41, 5.74) is 1.07. The second-order valence-electron chi connectivity index (χ2n) is 4.61. The molecule has 0 radical (unpaired) electrons. The molecule has 0 spiro atoms. The molecule has 0 aliphatic rings. The lowest BCUT2D eigenvalue weighted by molar-refractivity contribution is 0.362. The molecular weight excluding hydrogens is 268 g/mol. The number of hydrogen-bond donors (Lipinski definition) is 1. The molecule has 2 aromatic rings. The number of thiophene rings is 1. The maximum Gasteiger partial charge on any atom is 0.174 e. The fourth-order valence-corrected chi connectivity index (χ4v) is 2.85. The highest BCUT2D eigenvalue weighted by molar-refractivity contribution is 7.12. The number of hydrogen-bond acceptors (Lipinski definition) is 4. The summed E-state index contributed by atoms with van der Waals surface area (Å²) in [5.74, 6) is 0.774. The van der Waals surface area contributed by atoms with Crippen molar-refractivity contribution in [2.45, 2.75) is 26.4 Å². The second-order valence-corrected chi connectivity index (χ2v) is 5.92. The maximum absolute atomic E-state index is 8.60. The van der Waals surface area contributed by atoms with Crippen molar-refractivity contribution in [3.05, 3.63) is 51.7 Å². The van der Waals surface area contributed by atoms with Gasteiger partial charge in [0, 0.05) is 27.9 Å². The third kappa shape index (κ3) is 3.83. The molecule has 20 heavy (non-hydrogen) atoms. The number of para-hydroxylation sites is 1. The summed E-state index contributed by atoms with van der Waals surface area (Å²) < 4.78 is 5.43. The van der Waals surface area contributed by atoms with E-state index in [0.29, 0.717) is 6.04 Å². The molecule has 1 atom stereocenters. The quantitative estimate of drug-likeness (QED) is 0.878. The van der Waals surface area contributed by atoms with Crippen LogP contribution in [0.4, 0.5) is 0 Å². The Labute approximate surface area is 123 Å². The highest BCUT2D eigenvalue weighted by Crippen LogP contribution is 2.24. The topological polar surface area (TPSA) is 45.0 Å². The minimum absolute atomic E-state index is 0.0800. The first-order valence-corrected chi connectivity index (χ1v) is 7.39. The molecule has 0 saturated heterocycles. The van der Waals surface area contributed by atoms with E-state index in [9.17, 15) is 0 Å². The van der Waals surface area contributed by atoms with Crippen LogP contribution in [0.1, 0.15) is 28.3 Å². The molecule has 1 heterocycles. The molecule has 0 aliphatic heterocycles. The molecule has 1 aromatic heterocycles. The van der Waals surface area contributed by atoms with E-state index in [2.05, 4.69) is 31.3 Å². The van der Waals surface area contributed by atoms with Gasteiger partial charge >= 0.3 is 0 Å². The van der Waals surface area contributed by atoms with Crippen molar-refractivity contribution < 1.29 is 4.74 Å². The third-order valence-electron chi connectivity index (χ3n) is 3.05. The van der Waals surface area contributed by atoms with Crippen LogP contribution >= 0.6 is 11.3 Å². The van der Waals surface area contributed by atoms with Crippen LogP contribution < -0.4 is 10.1 Å². The molecule has 0 fully saturated rings. The molecule has 4 heteroatoms.